The van der Waals surface area contributed by atoms with Crippen molar-refractivity contribution in [2.75, 3.05) is 30.9 Å². The maximum atomic E-state index is 12.7. The number of piperidine rings is 1. The number of hydrogen-bond donors (Lipinski definition) is 2. The van der Waals surface area contributed by atoms with Gasteiger partial charge in [-0.25, -0.2) is 8.42 Å². The summed E-state index contributed by atoms with van der Waals surface area (Å²) < 4.78 is 27.8. The monoisotopic (exact) mass is 435 g/mol. The molecule has 0 aromatic heterocycles. The minimum atomic E-state index is -3.85. The Bertz CT molecular complexity index is 944. The summed E-state index contributed by atoms with van der Waals surface area (Å²) in [5.41, 5.74) is 0.603. The molecule has 1 aliphatic heterocycles. The summed E-state index contributed by atoms with van der Waals surface area (Å²) in [5.74, 6) is -0.279. The molecule has 0 aliphatic carbocycles. The molecule has 6 nitrogen and oxygen atoms in total. The van der Waals surface area contributed by atoms with Gasteiger partial charge >= 0.3 is 0 Å². The van der Waals surface area contributed by atoms with Crippen molar-refractivity contribution in [3.63, 3.8) is 0 Å². The van der Waals surface area contributed by atoms with Crippen LogP contribution in [0.4, 0.5) is 5.69 Å². The van der Waals surface area contributed by atoms with Crippen molar-refractivity contribution in [3.8, 4) is 0 Å². The van der Waals surface area contributed by atoms with Crippen LogP contribution in [-0.4, -0.2) is 45.4 Å². The van der Waals surface area contributed by atoms with Crippen molar-refractivity contribution >= 4 is 33.2 Å². The zero-order valence-corrected chi connectivity index (χ0v) is 17.8. The van der Waals surface area contributed by atoms with Gasteiger partial charge in [-0.05, 0) is 69.2 Å². The zero-order chi connectivity index (χ0) is 20.7. The molecule has 0 atom stereocenters. The SMILES string of the molecule is O=C(NCCCN1CCCCC1)c1cccc(S(=O)(=O)Nc2ccccc2Cl)c1. The number of hydrogen-bond acceptors (Lipinski definition) is 4. The second kappa shape index (κ2) is 10.1. The lowest BCUT2D eigenvalue weighted by Crippen LogP contribution is -2.33. The molecule has 0 spiro atoms. The second-order valence-electron chi connectivity index (χ2n) is 7.12. The highest BCUT2D eigenvalue weighted by Gasteiger charge is 2.17. The molecule has 29 heavy (non-hydrogen) atoms. The standard InChI is InChI=1S/C21H26ClN3O3S/c22-19-10-2-3-11-20(19)24-29(27,28)18-9-6-8-17(16-18)21(26)23-12-7-15-25-13-4-1-5-14-25/h2-3,6,8-11,16,24H,1,4-5,7,12-15H2,(H,23,26). The van der Waals surface area contributed by atoms with Gasteiger partial charge < -0.3 is 10.2 Å². The van der Waals surface area contributed by atoms with Crippen LogP contribution >= 0.6 is 11.6 Å². The van der Waals surface area contributed by atoms with Crippen molar-refractivity contribution in [1.82, 2.24) is 10.2 Å². The number of para-hydroxylation sites is 1. The van der Waals surface area contributed by atoms with Gasteiger partial charge in [-0.1, -0.05) is 36.2 Å². The molecular formula is C21H26ClN3O3S. The summed E-state index contributed by atoms with van der Waals surface area (Å²) in [6.07, 6.45) is 4.67. The maximum absolute atomic E-state index is 12.7. The number of carbonyl (C=O) groups is 1. The molecule has 2 N–H and O–H groups in total. The Morgan fingerprint density at radius 1 is 1.03 bits per heavy atom. The number of benzene rings is 2. The molecule has 2 aromatic carbocycles. The van der Waals surface area contributed by atoms with Crippen molar-refractivity contribution in [3.05, 3.63) is 59.1 Å². The summed E-state index contributed by atoms with van der Waals surface area (Å²) in [6.45, 7) is 3.79. The number of carbonyl (C=O) groups excluding carboxylic acids is 1. The normalized spacial score (nSPS) is 15.1. The van der Waals surface area contributed by atoms with E-state index < -0.39 is 10.0 Å². The fourth-order valence-electron chi connectivity index (χ4n) is 3.34. The summed E-state index contributed by atoms with van der Waals surface area (Å²) in [4.78, 5) is 14.9. The molecule has 0 bridgehead atoms. The highest BCUT2D eigenvalue weighted by molar-refractivity contribution is 7.92. The third-order valence-electron chi connectivity index (χ3n) is 4.91. The van der Waals surface area contributed by atoms with E-state index in [1.807, 2.05) is 0 Å². The Morgan fingerprint density at radius 2 is 1.79 bits per heavy atom. The molecule has 0 saturated carbocycles. The van der Waals surface area contributed by atoms with Crippen LogP contribution < -0.4 is 10.0 Å². The Labute approximate surface area is 177 Å². The van der Waals surface area contributed by atoms with Crippen molar-refractivity contribution in [1.29, 1.82) is 0 Å². The maximum Gasteiger partial charge on any atom is 0.261 e. The van der Waals surface area contributed by atoms with Gasteiger partial charge in [0.1, 0.15) is 0 Å². The number of nitrogens with one attached hydrogen (secondary N) is 2. The minimum Gasteiger partial charge on any atom is -0.352 e. The minimum absolute atomic E-state index is 0.0124. The van der Waals surface area contributed by atoms with Crippen LogP contribution in [0.15, 0.2) is 53.4 Å². The average Bonchev–Trinajstić information content (AvgIpc) is 2.73. The Balaban J connectivity index is 1.57. The third-order valence-corrected chi connectivity index (χ3v) is 6.60. The summed E-state index contributed by atoms with van der Waals surface area (Å²) in [7, 11) is -3.85. The van der Waals surface area contributed by atoms with Gasteiger partial charge in [-0.2, -0.15) is 0 Å². The summed E-state index contributed by atoms with van der Waals surface area (Å²) >= 11 is 6.03. The molecule has 2 aromatic rings. The molecule has 0 unspecified atom stereocenters. The third kappa shape index (κ3) is 6.19. The van der Waals surface area contributed by atoms with Crippen LogP contribution in [0, 0.1) is 0 Å². The predicted molar refractivity (Wildman–Crippen MR) is 116 cm³/mol. The number of amides is 1. The van der Waals surface area contributed by atoms with Gasteiger partial charge in [0, 0.05) is 12.1 Å². The van der Waals surface area contributed by atoms with E-state index in [1.165, 1.54) is 31.4 Å². The predicted octanol–water partition coefficient (Wildman–Crippen LogP) is 3.75. The molecule has 1 fully saturated rings. The van der Waals surface area contributed by atoms with Crippen LogP contribution in [0.1, 0.15) is 36.0 Å². The average molecular weight is 436 g/mol. The zero-order valence-electron chi connectivity index (χ0n) is 16.2. The second-order valence-corrected chi connectivity index (χ2v) is 9.21. The van der Waals surface area contributed by atoms with E-state index in [0.29, 0.717) is 22.8 Å². The van der Waals surface area contributed by atoms with Crippen LogP contribution in [0.5, 0.6) is 0 Å². The Kier molecular flexibility index (Phi) is 7.52. The number of likely N-dealkylation sites (tertiary alicyclic amines) is 1. The Morgan fingerprint density at radius 3 is 2.55 bits per heavy atom. The van der Waals surface area contributed by atoms with E-state index in [9.17, 15) is 13.2 Å². The fraction of sp³-hybridized carbons (Fsp3) is 0.381. The highest BCUT2D eigenvalue weighted by atomic mass is 35.5. The van der Waals surface area contributed by atoms with Crippen LogP contribution in [0.25, 0.3) is 0 Å². The first-order chi connectivity index (χ1) is 14.0. The van der Waals surface area contributed by atoms with Gasteiger partial charge in [-0.3, -0.25) is 9.52 Å². The summed E-state index contributed by atoms with van der Waals surface area (Å²) in [6, 6.07) is 12.6. The van der Waals surface area contributed by atoms with Gasteiger partial charge in [0.25, 0.3) is 15.9 Å². The van der Waals surface area contributed by atoms with Gasteiger partial charge in [0.2, 0.25) is 0 Å². The fourth-order valence-corrected chi connectivity index (χ4v) is 4.71. The first-order valence-electron chi connectivity index (χ1n) is 9.84. The van der Waals surface area contributed by atoms with Crippen LogP contribution in [-0.2, 0) is 10.0 Å². The molecule has 1 saturated heterocycles. The van der Waals surface area contributed by atoms with Gasteiger partial charge in [-0.15, -0.1) is 0 Å². The van der Waals surface area contributed by atoms with E-state index in [2.05, 4.69) is 14.9 Å². The quantitative estimate of drug-likeness (QED) is 0.619. The lowest BCUT2D eigenvalue weighted by Gasteiger charge is -2.26. The smallest absolute Gasteiger partial charge is 0.261 e. The van der Waals surface area contributed by atoms with E-state index in [0.717, 1.165) is 26.1 Å². The van der Waals surface area contributed by atoms with Crippen molar-refractivity contribution in [2.24, 2.45) is 0 Å². The lowest BCUT2D eigenvalue weighted by molar-refractivity contribution is 0.0951. The van der Waals surface area contributed by atoms with E-state index in [1.54, 1.807) is 36.4 Å². The molecule has 1 amide bonds. The van der Waals surface area contributed by atoms with Gasteiger partial charge in [0.05, 0.1) is 15.6 Å². The molecule has 156 valence electrons. The molecule has 0 radical (unpaired) electrons. The van der Waals surface area contributed by atoms with Crippen LogP contribution in [0.3, 0.4) is 0 Å². The topological polar surface area (TPSA) is 78.5 Å². The number of nitrogens with zero attached hydrogens (tertiary/aromatic N) is 1. The first-order valence-corrected chi connectivity index (χ1v) is 11.7. The number of sulfonamides is 1. The molecule has 3 rings (SSSR count). The largest absolute Gasteiger partial charge is 0.352 e. The molecular weight excluding hydrogens is 410 g/mol. The van der Waals surface area contributed by atoms with Crippen molar-refractivity contribution in [2.45, 2.75) is 30.6 Å². The highest BCUT2D eigenvalue weighted by Crippen LogP contribution is 2.24. The lowest BCUT2D eigenvalue weighted by atomic mass is 10.1. The van der Waals surface area contributed by atoms with Crippen molar-refractivity contribution < 1.29 is 13.2 Å². The van der Waals surface area contributed by atoms with Crippen LogP contribution in [0.2, 0.25) is 5.02 Å². The van der Waals surface area contributed by atoms with Gasteiger partial charge in [0.15, 0.2) is 0 Å². The molecule has 8 heteroatoms. The first kappa shape index (κ1) is 21.6. The number of halogens is 1. The van der Waals surface area contributed by atoms with E-state index in [4.69, 9.17) is 11.6 Å². The van der Waals surface area contributed by atoms with E-state index in [-0.39, 0.29) is 10.8 Å². The van der Waals surface area contributed by atoms with E-state index >= 15 is 0 Å². The summed E-state index contributed by atoms with van der Waals surface area (Å²) in [5, 5.41) is 3.18. The number of rotatable bonds is 8. The molecule has 1 aliphatic rings. The Hall–Kier alpha value is -2.09. The number of anilines is 1. The molecule has 1 heterocycles.